The maximum Gasteiger partial charge on any atom is 0.227 e. The number of carbonyl (C=O) groups excluding carboxylic acids is 1. The number of aryl methyl sites for hydroxylation is 1. The van der Waals surface area contributed by atoms with Gasteiger partial charge in [-0.2, -0.15) is 4.98 Å². The van der Waals surface area contributed by atoms with Crippen LogP contribution in [0.15, 0.2) is 53.1 Å². The van der Waals surface area contributed by atoms with Crippen LogP contribution < -0.4 is 5.32 Å². The molecule has 1 heterocycles. The molecule has 0 aliphatic rings. The fourth-order valence-corrected chi connectivity index (χ4v) is 2.79. The van der Waals surface area contributed by atoms with E-state index in [9.17, 15) is 4.79 Å². The molecule has 7 heteroatoms. The van der Waals surface area contributed by atoms with Gasteiger partial charge in [0.25, 0.3) is 0 Å². The predicted octanol–water partition coefficient (Wildman–Crippen LogP) is 4.85. The summed E-state index contributed by atoms with van der Waals surface area (Å²) in [6.45, 7) is 1.91. The number of amides is 1. The number of nitrogens with one attached hydrogen (secondary N) is 1. The summed E-state index contributed by atoms with van der Waals surface area (Å²) in [4.78, 5) is 16.5. The largest absolute Gasteiger partial charge is 0.350 e. The zero-order valence-corrected chi connectivity index (χ0v) is 15.6. The second-order valence-electron chi connectivity index (χ2n) is 5.86. The Bertz CT molecular complexity index is 894. The first-order valence-electron chi connectivity index (χ1n) is 8.14. The van der Waals surface area contributed by atoms with Gasteiger partial charge >= 0.3 is 0 Å². The van der Waals surface area contributed by atoms with Crippen molar-refractivity contribution in [3.05, 3.63) is 70.0 Å². The lowest BCUT2D eigenvalue weighted by molar-refractivity contribution is -0.121. The number of carbonyl (C=O) groups is 1. The van der Waals surface area contributed by atoms with Crippen LogP contribution in [0.3, 0.4) is 0 Å². The van der Waals surface area contributed by atoms with Crippen LogP contribution in [0.4, 0.5) is 0 Å². The molecule has 26 heavy (non-hydrogen) atoms. The smallest absolute Gasteiger partial charge is 0.227 e. The zero-order valence-electron chi connectivity index (χ0n) is 14.1. The van der Waals surface area contributed by atoms with Crippen molar-refractivity contribution in [1.82, 2.24) is 15.5 Å². The molecule has 3 aromatic rings. The Morgan fingerprint density at radius 3 is 2.65 bits per heavy atom. The van der Waals surface area contributed by atoms with Gasteiger partial charge in [0.05, 0.1) is 6.04 Å². The van der Waals surface area contributed by atoms with Gasteiger partial charge in [-0.25, -0.2) is 0 Å². The summed E-state index contributed by atoms with van der Waals surface area (Å²) in [7, 11) is 0. The Hall–Kier alpha value is -2.37. The molecule has 0 unspecified atom stereocenters. The first-order chi connectivity index (χ1) is 12.5. The molecular weight excluding hydrogens is 373 g/mol. The van der Waals surface area contributed by atoms with Crippen molar-refractivity contribution in [3.8, 4) is 11.4 Å². The van der Waals surface area contributed by atoms with Crippen molar-refractivity contribution in [2.75, 3.05) is 0 Å². The molecule has 1 N–H and O–H groups in total. The maximum absolute atomic E-state index is 12.2. The van der Waals surface area contributed by atoms with Gasteiger partial charge in [0.1, 0.15) is 0 Å². The Morgan fingerprint density at radius 2 is 1.92 bits per heavy atom. The minimum atomic E-state index is -0.131. The molecular formula is C19H17Cl2N3O2. The highest BCUT2D eigenvalue weighted by atomic mass is 35.5. The van der Waals surface area contributed by atoms with Gasteiger partial charge in [0.15, 0.2) is 0 Å². The molecule has 0 radical (unpaired) electrons. The third-order valence-electron chi connectivity index (χ3n) is 3.86. The van der Waals surface area contributed by atoms with Gasteiger partial charge in [-0.1, -0.05) is 40.5 Å². The number of nitrogens with zero attached hydrogens (tertiary/aromatic N) is 2. The van der Waals surface area contributed by atoms with Crippen LogP contribution in [-0.4, -0.2) is 16.0 Å². The number of aromatic nitrogens is 2. The standard InChI is InChI=1S/C19H17Cl2N3O2/c1-12(14-3-2-4-16(21)11-14)22-17(25)9-10-18-23-19(24-26-18)13-5-7-15(20)8-6-13/h2-8,11-12H,9-10H2,1H3,(H,22,25)/t12-/m1/s1. The molecule has 0 saturated carbocycles. The van der Waals surface area contributed by atoms with Crippen molar-refractivity contribution < 1.29 is 9.32 Å². The van der Waals surface area contributed by atoms with Gasteiger partial charge in [-0.15, -0.1) is 0 Å². The summed E-state index contributed by atoms with van der Waals surface area (Å²) in [6.07, 6.45) is 0.627. The number of halogens is 2. The van der Waals surface area contributed by atoms with Gasteiger partial charge in [-0.3, -0.25) is 4.79 Å². The number of hydrogen-bond donors (Lipinski definition) is 1. The van der Waals surface area contributed by atoms with E-state index in [0.29, 0.717) is 28.2 Å². The first-order valence-corrected chi connectivity index (χ1v) is 8.90. The van der Waals surface area contributed by atoms with E-state index in [-0.39, 0.29) is 18.4 Å². The van der Waals surface area contributed by atoms with Crippen LogP contribution >= 0.6 is 23.2 Å². The molecule has 1 aromatic heterocycles. The van der Waals surface area contributed by atoms with E-state index in [4.69, 9.17) is 27.7 Å². The van der Waals surface area contributed by atoms with Gasteiger partial charge in [0.2, 0.25) is 17.6 Å². The Balaban J connectivity index is 1.54. The average Bonchev–Trinajstić information content (AvgIpc) is 3.09. The van der Waals surface area contributed by atoms with Gasteiger partial charge in [0, 0.05) is 28.5 Å². The molecule has 0 aliphatic carbocycles. The lowest BCUT2D eigenvalue weighted by Crippen LogP contribution is -2.26. The minimum Gasteiger partial charge on any atom is -0.350 e. The van der Waals surface area contributed by atoms with E-state index >= 15 is 0 Å². The molecule has 0 spiro atoms. The third kappa shape index (κ3) is 4.84. The average molecular weight is 390 g/mol. The van der Waals surface area contributed by atoms with Crippen LogP contribution in [0.5, 0.6) is 0 Å². The summed E-state index contributed by atoms with van der Waals surface area (Å²) in [5.74, 6) is 0.800. The second kappa shape index (κ2) is 8.34. The normalized spacial score (nSPS) is 12.0. The van der Waals surface area contributed by atoms with Crippen LogP contribution in [0.25, 0.3) is 11.4 Å². The number of benzene rings is 2. The van der Waals surface area contributed by atoms with Gasteiger partial charge in [-0.05, 0) is 48.9 Å². The van der Waals surface area contributed by atoms with Crippen LogP contribution in [0.2, 0.25) is 10.0 Å². The van der Waals surface area contributed by atoms with Crippen LogP contribution in [0, 0.1) is 0 Å². The Morgan fingerprint density at radius 1 is 1.15 bits per heavy atom. The zero-order chi connectivity index (χ0) is 18.5. The van der Waals surface area contributed by atoms with Crippen molar-refractivity contribution in [1.29, 1.82) is 0 Å². The van der Waals surface area contributed by atoms with Crippen molar-refractivity contribution in [2.24, 2.45) is 0 Å². The second-order valence-corrected chi connectivity index (χ2v) is 6.74. The SMILES string of the molecule is C[C@@H](NC(=O)CCc1nc(-c2ccc(Cl)cc2)no1)c1cccc(Cl)c1. The summed E-state index contributed by atoms with van der Waals surface area (Å²) in [5, 5.41) is 8.16. The summed E-state index contributed by atoms with van der Waals surface area (Å²) in [5.41, 5.74) is 1.76. The Kier molecular flexibility index (Phi) is 5.91. The molecule has 0 aliphatic heterocycles. The molecule has 1 amide bonds. The van der Waals surface area contributed by atoms with Crippen molar-refractivity contribution in [2.45, 2.75) is 25.8 Å². The number of hydrogen-bond acceptors (Lipinski definition) is 4. The lowest BCUT2D eigenvalue weighted by atomic mass is 10.1. The summed E-state index contributed by atoms with van der Waals surface area (Å²) in [6, 6.07) is 14.4. The molecule has 3 rings (SSSR count). The van der Waals surface area contributed by atoms with E-state index in [0.717, 1.165) is 11.1 Å². The highest BCUT2D eigenvalue weighted by Crippen LogP contribution is 2.20. The quantitative estimate of drug-likeness (QED) is 0.653. The predicted molar refractivity (Wildman–Crippen MR) is 101 cm³/mol. The molecule has 5 nitrogen and oxygen atoms in total. The molecule has 0 fully saturated rings. The topological polar surface area (TPSA) is 68.0 Å². The summed E-state index contributed by atoms with van der Waals surface area (Å²) < 4.78 is 5.21. The highest BCUT2D eigenvalue weighted by molar-refractivity contribution is 6.30. The molecule has 2 aromatic carbocycles. The fourth-order valence-electron chi connectivity index (χ4n) is 2.47. The fraction of sp³-hybridized carbons (Fsp3) is 0.211. The Labute approximate surface area is 161 Å². The third-order valence-corrected chi connectivity index (χ3v) is 4.35. The van der Waals surface area contributed by atoms with Crippen LogP contribution in [-0.2, 0) is 11.2 Å². The highest BCUT2D eigenvalue weighted by Gasteiger charge is 2.13. The lowest BCUT2D eigenvalue weighted by Gasteiger charge is -2.14. The van der Waals surface area contributed by atoms with Crippen molar-refractivity contribution >= 4 is 29.1 Å². The van der Waals surface area contributed by atoms with Crippen LogP contribution in [0.1, 0.15) is 30.8 Å². The maximum atomic E-state index is 12.2. The van der Waals surface area contributed by atoms with Crippen molar-refractivity contribution in [3.63, 3.8) is 0 Å². The molecule has 134 valence electrons. The first kappa shape index (κ1) is 18.4. The number of rotatable bonds is 6. The van der Waals surface area contributed by atoms with E-state index < -0.39 is 0 Å². The molecule has 0 bridgehead atoms. The van der Waals surface area contributed by atoms with E-state index in [1.165, 1.54) is 0 Å². The van der Waals surface area contributed by atoms with E-state index in [1.54, 1.807) is 18.2 Å². The van der Waals surface area contributed by atoms with Gasteiger partial charge < -0.3 is 9.84 Å². The molecule has 1 atom stereocenters. The summed E-state index contributed by atoms with van der Waals surface area (Å²) >= 11 is 11.8. The van der Waals surface area contributed by atoms with E-state index in [2.05, 4.69) is 15.5 Å². The van der Waals surface area contributed by atoms with E-state index in [1.807, 2.05) is 37.3 Å². The monoisotopic (exact) mass is 389 g/mol. The minimum absolute atomic E-state index is 0.0938. The molecule has 0 saturated heterocycles.